The molecule has 1 heterocycles. The van der Waals surface area contributed by atoms with Crippen LogP contribution >= 0.6 is 0 Å². The largest absolute Gasteiger partial charge is 0.315 e. The first kappa shape index (κ1) is 16.4. The Labute approximate surface area is 128 Å². The Morgan fingerprint density at radius 2 is 2.00 bits per heavy atom. The molecule has 2 aromatic rings. The molecule has 1 aromatic heterocycles. The molecule has 118 valence electrons. The normalized spacial score (nSPS) is 11.5. The highest BCUT2D eigenvalue weighted by Crippen LogP contribution is 2.13. The third-order valence-corrected chi connectivity index (χ3v) is 4.67. The van der Waals surface area contributed by atoms with Crippen molar-refractivity contribution < 1.29 is 12.8 Å². The van der Waals surface area contributed by atoms with Crippen LogP contribution in [0.3, 0.4) is 0 Å². The van der Waals surface area contributed by atoms with Crippen molar-refractivity contribution in [2.75, 3.05) is 6.54 Å². The molecule has 5 nitrogen and oxygen atoms in total. The third kappa shape index (κ3) is 4.02. The van der Waals surface area contributed by atoms with E-state index in [0.717, 1.165) is 6.07 Å². The van der Waals surface area contributed by atoms with Gasteiger partial charge in [-0.05, 0) is 43.2 Å². The van der Waals surface area contributed by atoms with Gasteiger partial charge in [-0.3, -0.25) is 4.79 Å². The van der Waals surface area contributed by atoms with E-state index in [1.165, 1.54) is 29.7 Å². The molecule has 0 aliphatic carbocycles. The maximum Gasteiger partial charge on any atom is 0.250 e. The molecule has 0 spiro atoms. The van der Waals surface area contributed by atoms with Crippen molar-refractivity contribution in [1.29, 1.82) is 0 Å². The van der Waals surface area contributed by atoms with Gasteiger partial charge in [-0.25, -0.2) is 17.5 Å². The molecule has 0 fully saturated rings. The minimum atomic E-state index is -3.67. The lowest BCUT2D eigenvalue weighted by Crippen LogP contribution is -2.27. The molecular formula is C15H17FN2O3S. The first-order chi connectivity index (χ1) is 10.4. The second kappa shape index (κ2) is 6.85. The van der Waals surface area contributed by atoms with Gasteiger partial charge in [0.25, 0.3) is 0 Å². The van der Waals surface area contributed by atoms with E-state index in [4.69, 9.17) is 0 Å². The van der Waals surface area contributed by atoms with Crippen molar-refractivity contribution in [2.24, 2.45) is 0 Å². The summed E-state index contributed by atoms with van der Waals surface area (Å²) in [4.78, 5) is 11.5. The van der Waals surface area contributed by atoms with Gasteiger partial charge in [-0.15, -0.1) is 0 Å². The van der Waals surface area contributed by atoms with Crippen LogP contribution in [0.4, 0.5) is 4.39 Å². The minimum Gasteiger partial charge on any atom is -0.315 e. The summed E-state index contributed by atoms with van der Waals surface area (Å²) < 4.78 is 41.3. The number of halogens is 1. The summed E-state index contributed by atoms with van der Waals surface area (Å²) >= 11 is 0. The molecule has 0 aliphatic heterocycles. The fraction of sp³-hybridized carbons (Fsp3) is 0.267. The summed E-state index contributed by atoms with van der Waals surface area (Å²) in [6.07, 6.45) is 2.13. The van der Waals surface area contributed by atoms with Gasteiger partial charge in [-0.1, -0.05) is 6.07 Å². The van der Waals surface area contributed by atoms with Gasteiger partial charge < -0.3 is 4.57 Å². The number of nitrogens with zero attached hydrogens (tertiary/aromatic N) is 1. The first-order valence-corrected chi connectivity index (χ1v) is 8.30. The maximum absolute atomic E-state index is 13.2. The Bertz CT molecular complexity index is 816. The van der Waals surface area contributed by atoms with E-state index in [-0.39, 0.29) is 22.6 Å². The van der Waals surface area contributed by atoms with Crippen LogP contribution in [-0.2, 0) is 16.6 Å². The van der Waals surface area contributed by atoms with Crippen molar-refractivity contribution >= 4 is 10.0 Å². The van der Waals surface area contributed by atoms with Crippen LogP contribution < -0.4 is 10.3 Å². The van der Waals surface area contributed by atoms with Crippen molar-refractivity contribution in [3.8, 4) is 0 Å². The average Bonchev–Trinajstić information content (AvgIpc) is 2.48. The molecule has 0 unspecified atom stereocenters. The molecule has 0 atom stereocenters. The zero-order chi connectivity index (χ0) is 16.2. The standard InChI is InChI=1S/C15H17FN2O3S/c1-12-11-13(6-7-14(12)16)22(20,21)17-8-4-10-18-9-3-2-5-15(18)19/h2-3,5-7,9,11,17H,4,8,10H2,1H3. The molecule has 0 bridgehead atoms. The van der Waals surface area contributed by atoms with Crippen LogP contribution in [0.2, 0.25) is 0 Å². The van der Waals surface area contributed by atoms with Gasteiger partial charge in [0.1, 0.15) is 5.82 Å². The predicted octanol–water partition coefficient (Wildman–Crippen LogP) is 1.66. The van der Waals surface area contributed by atoms with E-state index in [1.807, 2.05) is 0 Å². The number of rotatable bonds is 6. The van der Waals surface area contributed by atoms with E-state index in [1.54, 1.807) is 18.3 Å². The van der Waals surface area contributed by atoms with Gasteiger partial charge in [-0.2, -0.15) is 0 Å². The quantitative estimate of drug-likeness (QED) is 0.822. The first-order valence-electron chi connectivity index (χ1n) is 6.81. The van der Waals surface area contributed by atoms with Gasteiger partial charge >= 0.3 is 0 Å². The van der Waals surface area contributed by atoms with E-state index in [0.29, 0.717) is 13.0 Å². The molecule has 0 saturated heterocycles. The van der Waals surface area contributed by atoms with Crippen molar-refractivity contribution in [2.45, 2.75) is 24.8 Å². The summed E-state index contributed by atoms with van der Waals surface area (Å²) in [6.45, 7) is 2.13. The second-order valence-electron chi connectivity index (χ2n) is 4.89. The number of pyridine rings is 1. The monoisotopic (exact) mass is 324 g/mol. The predicted molar refractivity (Wildman–Crippen MR) is 81.6 cm³/mol. The van der Waals surface area contributed by atoms with E-state index in [9.17, 15) is 17.6 Å². The highest BCUT2D eigenvalue weighted by Gasteiger charge is 2.14. The summed E-state index contributed by atoms with van der Waals surface area (Å²) in [5.41, 5.74) is 0.151. The van der Waals surface area contributed by atoms with E-state index in [2.05, 4.69) is 4.72 Å². The van der Waals surface area contributed by atoms with Crippen LogP contribution in [0.5, 0.6) is 0 Å². The van der Waals surface area contributed by atoms with Crippen LogP contribution in [-0.4, -0.2) is 19.5 Å². The number of hydrogen-bond donors (Lipinski definition) is 1. The summed E-state index contributed by atoms with van der Waals surface area (Å²) in [7, 11) is -3.67. The van der Waals surface area contributed by atoms with E-state index >= 15 is 0 Å². The van der Waals surface area contributed by atoms with E-state index < -0.39 is 15.8 Å². The third-order valence-electron chi connectivity index (χ3n) is 3.21. The number of aryl methyl sites for hydroxylation is 2. The van der Waals surface area contributed by atoms with Crippen LogP contribution in [0, 0.1) is 12.7 Å². The Morgan fingerprint density at radius 3 is 2.68 bits per heavy atom. The van der Waals surface area contributed by atoms with Gasteiger partial charge in [0.05, 0.1) is 4.90 Å². The summed E-state index contributed by atoms with van der Waals surface area (Å²) in [5.74, 6) is -0.442. The maximum atomic E-state index is 13.2. The molecule has 1 N–H and O–H groups in total. The molecule has 2 rings (SSSR count). The summed E-state index contributed by atoms with van der Waals surface area (Å²) in [6, 6.07) is 8.50. The Balaban J connectivity index is 1.94. The fourth-order valence-corrected chi connectivity index (χ4v) is 3.13. The van der Waals surface area contributed by atoms with Crippen LogP contribution in [0.15, 0.2) is 52.3 Å². The average molecular weight is 324 g/mol. The van der Waals surface area contributed by atoms with Crippen LogP contribution in [0.25, 0.3) is 0 Å². The van der Waals surface area contributed by atoms with Gasteiger partial charge in [0, 0.05) is 25.4 Å². The Kier molecular flexibility index (Phi) is 5.10. The number of hydrogen-bond acceptors (Lipinski definition) is 3. The number of aromatic nitrogens is 1. The molecule has 0 saturated carbocycles. The Morgan fingerprint density at radius 1 is 1.23 bits per heavy atom. The molecular weight excluding hydrogens is 307 g/mol. The van der Waals surface area contributed by atoms with Crippen LogP contribution in [0.1, 0.15) is 12.0 Å². The minimum absolute atomic E-state index is 0.0308. The lowest BCUT2D eigenvalue weighted by atomic mass is 10.2. The SMILES string of the molecule is Cc1cc(S(=O)(=O)NCCCn2ccccc2=O)ccc1F. The second-order valence-corrected chi connectivity index (χ2v) is 6.66. The molecule has 22 heavy (non-hydrogen) atoms. The van der Waals surface area contributed by atoms with Gasteiger partial charge in [0.15, 0.2) is 0 Å². The number of benzene rings is 1. The molecule has 0 radical (unpaired) electrons. The Hall–Kier alpha value is -1.99. The zero-order valence-corrected chi connectivity index (χ0v) is 12.9. The highest BCUT2D eigenvalue weighted by atomic mass is 32.2. The smallest absolute Gasteiger partial charge is 0.250 e. The molecule has 7 heteroatoms. The fourth-order valence-electron chi connectivity index (χ4n) is 1.97. The van der Waals surface area contributed by atoms with Crippen molar-refractivity contribution in [1.82, 2.24) is 9.29 Å². The van der Waals surface area contributed by atoms with Gasteiger partial charge in [0.2, 0.25) is 15.6 Å². The number of nitrogens with one attached hydrogen (secondary N) is 1. The highest BCUT2D eigenvalue weighted by molar-refractivity contribution is 7.89. The number of sulfonamides is 1. The molecule has 0 amide bonds. The zero-order valence-electron chi connectivity index (χ0n) is 12.1. The topological polar surface area (TPSA) is 68.2 Å². The lowest BCUT2D eigenvalue weighted by molar-refractivity contribution is 0.566. The summed E-state index contributed by atoms with van der Waals surface area (Å²) in [5, 5.41) is 0. The van der Waals surface area contributed by atoms with Crippen molar-refractivity contribution in [3.05, 3.63) is 64.3 Å². The molecule has 0 aliphatic rings. The lowest BCUT2D eigenvalue weighted by Gasteiger charge is -2.08. The molecule has 1 aromatic carbocycles. The van der Waals surface area contributed by atoms with Crippen molar-refractivity contribution in [3.63, 3.8) is 0 Å².